The molecule has 1 fully saturated rings. The third-order valence-corrected chi connectivity index (χ3v) is 24.2. The highest BCUT2D eigenvalue weighted by Gasteiger charge is 2.41. The number of aromatic nitrogens is 2. The molecule has 0 saturated carbocycles. The van der Waals surface area contributed by atoms with Gasteiger partial charge in [0.25, 0.3) is 0 Å². The third kappa shape index (κ3) is 30.1. The summed E-state index contributed by atoms with van der Waals surface area (Å²) in [4.78, 5) is 247. The number of thioether (sulfide) groups is 1. The number of rotatable bonds is 24. The molecule has 9 rings (SSSR count). The predicted octanol–water partition coefficient (Wildman–Crippen LogP) is 0.688. The van der Waals surface area contributed by atoms with Crippen LogP contribution in [0.5, 0.6) is 11.5 Å². The number of unbranched alkanes of at least 4 members (excludes halogenated alkanes) is 1. The van der Waals surface area contributed by atoms with Gasteiger partial charge in [-0.25, -0.2) is 4.98 Å². The van der Waals surface area contributed by atoms with Crippen LogP contribution in [0.4, 0.5) is 0 Å². The summed E-state index contributed by atoms with van der Waals surface area (Å²) in [6, 6.07) is 25.5. The number of likely N-dealkylation sites (N-methyl/N-ethyl adjacent to an activating group) is 4. The van der Waals surface area contributed by atoms with Crippen LogP contribution >= 0.6 is 23.1 Å². The number of carbonyl (C=O) groups is 16. The molecule has 0 unspecified atom stereocenters. The van der Waals surface area contributed by atoms with Gasteiger partial charge in [0.2, 0.25) is 94.5 Å². The van der Waals surface area contributed by atoms with E-state index in [1.807, 2.05) is 13.0 Å². The van der Waals surface area contributed by atoms with Crippen molar-refractivity contribution in [3.05, 3.63) is 197 Å². The fraction of sp³-hybridized carbons (Fsp3) is 0.402. The van der Waals surface area contributed by atoms with Gasteiger partial charge in [0.15, 0.2) is 0 Å². The second-order valence-electron chi connectivity index (χ2n) is 32.6. The van der Waals surface area contributed by atoms with Crippen LogP contribution in [0.25, 0.3) is 21.1 Å². The summed E-state index contributed by atoms with van der Waals surface area (Å²) in [5.74, 6) is -16.8. The molecule has 0 radical (unpaired) electrons. The Bertz CT molecular complexity index is 5320. The molecule has 2 aromatic heterocycles. The highest BCUT2D eigenvalue weighted by atomic mass is 32.2. The topological polar surface area (TPSA) is 554 Å². The number of primary amides is 2. The number of carbonyl (C=O) groups excluding carboxylic acids is 16. The van der Waals surface area contributed by atoms with E-state index in [0.29, 0.717) is 62.1 Å². The quantitative estimate of drug-likeness (QED) is 0.0396. The molecule has 0 aliphatic carbocycles. The molecule has 1 aliphatic rings. The van der Waals surface area contributed by atoms with E-state index < -0.39 is 204 Å². The van der Waals surface area contributed by atoms with E-state index >= 15 is 38.4 Å². The smallest absolute Gasteiger partial charge is 0.246 e. The maximum absolute atomic E-state index is 15.5. The van der Waals surface area contributed by atoms with Crippen molar-refractivity contribution >= 4 is 139 Å². The van der Waals surface area contributed by atoms with Crippen LogP contribution < -0.4 is 70.4 Å². The Hall–Kier alpha value is -13.8. The number of nitrogens with two attached hydrogens (primary N) is 3. The number of H-pyrrole nitrogens is 1. The van der Waals surface area contributed by atoms with Crippen molar-refractivity contribution in [1.82, 2.24) is 82.7 Å². The summed E-state index contributed by atoms with van der Waals surface area (Å²) in [5, 5.41) is 48.5. The number of aromatic amines is 1. The zero-order valence-electron chi connectivity index (χ0n) is 74.0. The second-order valence-corrected chi connectivity index (χ2v) is 34.8. The average molecular weight is 1840 g/mol. The van der Waals surface area contributed by atoms with Gasteiger partial charge < -0.3 is 105 Å². The number of benzene rings is 6. The van der Waals surface area contributed by atoms with E-state index in [1.165, 1.54) is 88.1 Å². The first kappa shape index (κ1) is 101. The lowest BCUT2D eigenvalue weighted by Gasteiger charge is -2.34. The SMILES string of the molecule is CCCC[C@H]1C(=O)N(C)CC(=O)N[C@@H](CC(N)=O)C(=O)N[C@@H](C(C)C)C(=O)N(C)[C@@H](Cc2ccccc2)C(=O)N[C@@H](Cc2ccc(O)cc2)C(=O)N(C)CC(=O)N[C@@H](Cc2c[nH]c3ccccc23)C(=O)N[C@@H](Cc2ccc(O)cc2)C(=O)N[C@@H](CCCN)C(=O)N[C@H](C(=O)NCC(N)=O)CSCC(=O)N[C@@H](Cc2ccccc2)C(=O)N[C@@H](Cc2nc3ccccc3s2)C(=O)N1C. The maximum Gasteiger partial charge on any atom is 0.246 e. The number of para-hydroxylation sites is 2. The molecule has 11 atom stereocenters. The molecular weight excluding hydrogens is 1720 g/mol. The number of amides is 16. The van der Waals surface area contributed by atoms with Crippen molar-refractivity contribution < 1.29 is 86.9 Å². The first-order valence-corrected chi connectivity index (χ1v) is 44.9. The number of nitrogens with one attached hydrogen (secondary N) is 11. The van der Waals surface area contributed by atoms with Crippen LogP contribution in [0.15, 0.2) is 164 Å². The normalized spacial score (nSPS) is 21.7. The summed E-state index contributed by atoms with van der Waals surface area (Å²) in [6.45, 7) is 2.70. The molecule has 8 aromatic rings. The molecule has 698 valence electrons. The zero-order chi connectivity index (χ0) is 95.1. The molecule has 1 saturated heterocycles. The summed E-state index contributed by atoms with van der Waals surface area (Å²) in [7, 11) is 5.17. The molecule has 19 N–H and O–H groups in total. The van der Waals surface area contributed by atoms with Crippen LogP contribution in [-0.4, -0.2) is 267 Å². The Labute approximate surface area is 765 Å². The standard InChI is InChI=1S/C92H115N19O18S2/c1-8-9-29-72-91(128)109(5)50-78(117)99-68(45-75(94)114)87(124)107-81(53(2)3)92(129)111(7)73(43-55-23-14-11-15-24-55)88(125)105-69(42-57-33-37-60(113)38-34-57)89(126)108(4)49-77(116)98-67(44-58-47-96-62-26-17-16-25-61(58)62)86(123)103-66(41-56-31-35-59(112)36-32-56)85(122)102-64(28-20-39-93)83(120)106-71(82(119)97-48-76(95)115)51-130-52-79(118)100-65(40-54-21-12-10-13-22-54)84(121)104-70(90(127)110(72)6)46-80-101-63-27-18-19-30-74(63)131-80/h10-19,21-27,30-38,47,53,64-73,81,96,112-113H,8-9,20,28-29,39-46,48-52,93H2,1-7H3,(H2,94,114)(H2,95,115)(H,97,119)(H,98,116)(H,99,117)(H,100,118)(H,102,122)(H,103,123)(H,104,121)(H,105,125)(H,106,120)(H,107,124)/t64-,65-,66-,67-,68-,69-,70-,71-,72-,73-,81-/m0/s1. The van der Waals surface area contributed by atoms with Crippen molar-refractivity contribution in [1.29, 1.82) is 0 Å². The van der Waals surface area contributed by atoms with Gasteiger partial charge in [0.1, 0.15) is 78.0 Å². The summed E-state index contributed by atoms with van der Waals surface area (Å²) in [6.07, 6.45) is 0.112. The van der Waals surface area contributed by atoms with Crippen LogP contribution in [0, 0.1) is 5.92 Å². The molecule has 39 heteroatoms. The van der Waals surface area contributed by atoms with Crippen molar-refractivity contribution in [2.24, 2.45) is 23.1 Å². The van der Waals surface area contributed by atoms with E-state index in [2.05, 4.69) is 58.2 Å². The zero-order valence-corrected chi connectivity index (χ0v) is 75.6. The molecule has 1 aliphatic heterocycles. The Morgan fingerprint density at radius 2 is 0.969 bits per heavy atom. The minimum atomic E-state index is -1.79. The van der Waals surface area contributed by atoms with E-state index in [0.717, 1.165) is 36.1 Å². The Kier molecular flexibility index (Phi) is 37.8. The van der Waals surface area contributed by atoms with Crippen molar-refractivity contribution in [2.45, 2.75) is 164 Å². The van der Waals surface area contributed by atoms with Crippen LogP contribution in [0.2, 0.25) is 0 Å². The number of phenols is 2. The Balaban J connectivity index is 1.11. The monoisotopic (exact) mass is 1840 g/mol. The highest BCUT2D eigenvalue weighted by molar-refractivity contribution is 8.00. The average Bonchev–Trinajstić information content (AvgIpc) is 1.79. The van der Waals surface area contributed by atoms with Crippen molar-refractivity contribution in [2.75, 3.05) is 65.9 Å². The minimum Gasteiger partial charge on any atom is -0.508 e. The first-order chi connectivity index (χ1) is 62.6. The summed E-state index contributed by atoms with van der Waals surface area (Å²) < 4.78 is 0.741. The molecule has 37 nitrogen and oxygen atoms in total. The fourth-order valence-electron chi connectivity index (χ4n) is 14.9. The van der Waals surface area contributed by atoms with Gasteiger partial charge in [-0.1, -0.05) is 149 Å². The molecule has 3 heterocycles. The molecule has 16 amide bonds. The van der Waals surface area contributed by atoms with Gasteiger partial charge in [0.05, 0.1) is 47.0 Å². The first-order valence-electron chi connectivity index (χ1n) is 43.0. The lowest BCUT2D eigenvalue weighted by molar-refractivity contribution is -0.147. The summed E-state index contributed by atoms with van der Waals surface area (Å²) >= 11 is 2.04. The minimum absolute atomic E-state index is 0.0211. The Morgan fingerprint density at radius 1 is 0.481 bits per heavy atom. The van der Waals surface area contributed by atoms with Gasteiger partial charge in [-0.2, -0.15) is 0 Å². The van der Waals surface area contributed by atoms with E-state index in [-0.39, 0.29) is 75.8 Å². The number of aromatic hydroxyl groups is 2. The van der Waals surface area contributed by atoms with E-state index in [4.69, 9.17) is 22.2 Å². The number of phenolic OH excluding ortho intramolecular Hbond substituents is 2. The lowest BCUT2D eigenvalue weighted by Crippen LogP contribution is -2.61. The van der Waals surface area contributed by atoms with Gasteiger partial charge in [-0.3, -0.25) is 76.7 Å². The van der Waals surface area contributed by atoms with Gasteiger partial charge >= 0.3 is 0 Å². The van der Waals surface area contributed by atoms with E-state index in [9.17, 15) is 48.6 Å². The molecule has 0 bridgehead atoms. The Morgan fingerprint density at radius 3 is 1.56 bits per heavy atom. The number of hydrogen-bond donors (Lipinski definition) is 16. The molecular formula is C92H115N19O18S2. The molecule has 6 aromatic carbocycles. The largest absolute Gasteiger partial charge is 0.508 e. The fourth-order valence-corrected chi connectivity index (χ4v) is 16.8. The van der Waals surface area contributed by atoms with Crippen LogP contribution in [0.3, 0.4) is 0 Å². The summed E-state index contributed by atoms with van der Waals surface area (Å²) in [5.41, 5.74) is 20.8. The van der Waals surface area contributed by atoms with Crippen LogP contribution in [-0.2, 0) is 115 Å². The number of thiazole rings is 1. The highest BCUT2D eigenvalue weighted by Crippen LogP contribution is 2.26. The van der Waals surface area contributed by atoms with Crippen molar-refractivity contribution in [3.63, 3.8) is 0 Å². The number of hydrogen-bond acceptors (Lipinski definition) is 22. The number of fused-ring (bicyclic) bond motifs is 2. The third-order valence-electron chi connectivity index (χ3n) is 22.1. The van der Waals surface area contributed by atoms with Crippen LogP contribution in [0.1, 0.15) is 92.1 Å². The lowest BCUT2D eigenvalue weighted by atomic mass is 9.98. The molecule has 0 spiro atoms. The van der Waals surface area contributed by atoms with Crippen molar-refractivity contribution in [3.8, 4) is 11.5 Å². The van der Waals surface area contributed by atoms with Gasteiger partial charge in [-0.05, 0) is 102 Å². The van der Waals surface area contributed by atoms with Gasteiger partial charge in [-0.15, -0.1) is 23.1 Å². The second kappa shape index (κ2) is 49.1. The number of nitrogens with zero attached hydrogens (tertiary/aromatic N) is 5. The van der Waals surface area contributed by atoms with E-state index in [1.54, 1.807) is 123 Å². The maximum atomic E-state index is 15.5. The predicted molar refractivity (Wildman–Crippen MR) is 491 cm³/mol. The molecule has 131 heavy (non-hydrogen) atoms. The van der Waals surface area contributed by atoms with Gasteiger partial charge in [0, 0.05) is 89.6 Å².